The Hall–Kier alpha value is -2.86. The fourth-order valence-corrected chi connectivity index (χ4v) is 22.6. The minimum atomic E-state index is -3.92. The molecule has 1 unspecified atom stereocenters. The molecule has 0 radical (unpaired) electrons. The number of aromatic nitrogens is 6. The first kappa shape index (κ1) is 51.5. The lowest BCUT2D eigenvalue weighted by Gasteiger charge is -2.51. The van der Waals surface area contributed by atoms with Gasteiger partial charge in [0.15, 0.2) is 17.4 Å². The van der Waals surface area contributed by atoms with Gasteiger partial charge in [-0.15, -0.1) is 0 Å². The zero-order valence-corrected chi connectivity index (χ0v) is 43.2. The third-order valence-corrected chi connectivity index (χ3v) is 25.2. The van der Waals surface area contributed by atoms with Crippen molar-refractivity contribution in [3.8, 4) is 6.07 Å². The molecule has 9 atom stereocenters. The van der Waals surface area contributed by atoms with Gasteiger partial charge in [0.1, 0.15) is 30.5 Å². The Bertz CT molecular complexity index is 2270. The van der Waals surface area contributed by atoms with Crippen molar-refractivity contribution in [1.29, 1.82) is 5.26 Å². The van der Waals surface area contributed by atoms with Crippen molar-refractivity contribution in [3.05, 3.63) is 35.3 Å². The molecule has 360 valence electrons. The smallest absolute Gasteiger partial charge is 0.335 e. The van der Waals surface area contributed by atoms with Crippen molar-refractivity contribution >= 4 is 72.7 Å². The van der Waals surface area contributed by atoms with Crippen LogP contribution in [-0.2, 0) is 57.0 Å². The van der Waals surface area contributed by atoms with Crippen molar-refractivity contribution in [1.82, 2.24) is 29.5 Å². The zero-order valence-electron chi connectivity index (χ0n) is 38.5. The molecule has 2 saturated heterocycles. The number of nitrogens with one attached hydrogen (secondary N) is 3. The molecule has 26 heteroatoms. The zero-order chi connectivity index (χ0) is 47.4. The number of rotatable bonds is 19. The summed E-state index contributed by atoms with van der Waals surface area (Å²) in [6, 6.07) is 3.58. The van der Waals surface area contributed by atoms with Crippen LogP contribution >= 0.6 is 15.0 Å². The van der Waals surface area contributed by atoms with Crippen molar-refractivity contribution < 1.29 is 50.1 Å². The molecule has 1 saturated carbocycles. The molecule has 21 nitrogen and oxygen atoms in total. The molecule has 65 heavy (non-hydrogen) atoms. The molecule has 0 aromatic carbocycles. The normalized spacial score (nSPS) is 26.8. The number of carbonyl (C=O) groups excluding carboxylic acids is 1. The van der Waals surface area contributed by atoms with Crippen LogP contribution in [0, 0.1) is 23.2 Å². The predicted octanol–water partition coefficient (Wildman–Crippen LogP) is 6.57. The van der Waals surface area contributed by atoms with Crippen LogP contribution in [0.2, 0.25) is 22.2 Å². The summed E-state index contributed by atoms with van der Waals surface area (Å²) in [5.74, 6) is -0.741. The quantitative estimate of drug-likeness (QED) is 0.0562. The molecule has 0 spiro atoms. The molecule has 5 heterocycles. The molecule has 0 bridgehead atoms. The van der Waals surface area contributed by atoms with E-state index in [2.05, 4.69) is 97.0 Å². The van der Waals surface area contributed by atoms with E-state index in [0.717, 1.165) is 0 Å². The van der Waals surface area contributed by atoms with Crippen molar-refractivity contribution in [2.45, 2.75) is 147 Å². The van der Waals surface area contributed by atoms with E-state index in [-0.39, 0.29) is 77.5 Å². The standard InChI is InChI=1S/C39H63N9O12P2SSi2/c1-22(2)36(49)46-39-45-35-32(37(50)47-39)43-21-48(35)38-34(33-30(56-38)19-55-64(23(3)4,24(5)6)60-65(59-33,25(7)8)26(9)10)58-62(63,53-15-11-13-40)54-18-27-16-28(17-29(27)57-61(51)52)44-31-12-14-41-20-42-31/h12,14,20-30,33-34,38,61H,11,15-19H2,1-10H3,(H,51,52)(H,41,42,44)(H2,45,46,47,49,50)/t27-,28-,29+,30-,33-,34-,38-,62+/m1/s1. The minimum absolute atomic E-state index is 0.0274. The van der Waals surface area contributed by atoms with Gasteiger partial charge in [-0.05, 0) is 52.9 Å². The highest BCUT2D eigenvalue weighted by molar-refractivity contribution is 8.07. The van der Waals surface area contributed by atoms with Crippen LogP contribution in [0.4, 0.5) is 11.8 Å². The maximum absolute atomic E-state index is 13.5. The van der Waals surface area contributed by atoms with E-state index < -0.39 is 80.1 Å². The fraction of sp³-hybridized carbons (Fsp3) is 0.718. The number of nitrogens with zero attached hydrogens (tertiary/aromatic N) is 6. The first-order valence-corrected chi connectivity index (χ1v) is 29.8. The van der Waals surface area contributed by atoms with E-state index in [1.54, 1.807) is 26.1 Å². The summed E-state index contributed by atoms with van der Waals surface area (Å²) in [6.45, 7) is 16.1. The third kappa shape index (κ3) is 11.5. The summed E-state index contributed by atoms with van der Waals surface area (Å²) in [5.41, 5.74) is -0.623. The highest BCUT2D eigenvalue weighted by Crippen LogP contribution is 2.57. The van der Waals surface area contributed by atoms with E-state index in [1.807, 2.05) is 0 Å². The van der Waals surface area contributed by atoms with Gasteiger partial charge in [-0.3, -0.25) is 33.5 Å². The Labute approximate surface area is 387 Å². The topological polar surface area (TPSA) is 265 Å². The van der Waals surface area contributed by atoms with E-state index in [9.17, 15) is 24.3 Å². The van der Waals surface area contributed by atoms with Crippen LogP contribution in [0.5, 0.6) is 0 Å². The Morgan fingerprint density at radius 2 is 1.80 bits per heavy atom. The second-order valence-electron chi connectivity index (χ2n) is 18.1. The molecule has 3 aliphatic rings. The number of imidazole rings is 1. The highest BCUT2D eigenvalue weighted by Gasteiger charge is 2.63. The first-order valence-electron chi connectivity index (χ1n) is 22.0. The SMILES string of the molecule is CC(C)C(=O)Nc1nc2c(ncn2[C@@H]2O[C@@H]3CO[Si](C(C)C)(C(C)C)O[Si](C(C)C)(C(C)C)O[C@H]3[C@H]2O[P@](=S)(OCCC#N)OC[C@H]2C[C@@H](Nc3ccncn3)C[C@@H]2O[PH](=O)O)c(=O)[nH]1. The lowest BCUT2D eigenvalue weighted by molar-refractivity contribution is -0.118. The van der Waals surface area contributed by atoms with Crippen LogP contribution < -0.4 is 16.2 Å². The molecule has 4 N–H and O–H groups in total. The Balaban J connectivity index is 1.44. The van der Waals surface area contributed by atoms with Gasteiger partial charge in [-0.1, -0.05) is 69.2 Å². The van der Waals surface area contributed by atoms with Crippen LogP contribution in [0.3, 0.4) is 0 Å². The molecule has 3 aromatic heterocycles. The number of fused-ring (bicyclic) bond motifs is 2. The molecule has 2 aliphatic heterocycles. The van der Waals surface area contributed by atoms with Gasteiger partial charge in [0.05, 0.1) is 44.7 Å². The minimum Gasteiger partial charge on any atom is -0.414 e. The highest BCUT2D eigenvalue weighted by atomic mass is 32.5. The van der Waals surface area contributed by atoms with Gasteiger partial charge in [-0.2, -0.15) is 10.2 Å². The number of carbonyl (C=O) groups is 1. The number of anilines is 2. The fourth-order valence-electron chi connectivity index (χ4n) is 8.77. The van der Waals surface area contributed by atoms with Gasteiger partial charge in [0.2, 0.25) is 11.9 Å². The Kier molecular flexibility index (Phi) is 17.1. The maximum Gasteiger partial charge on any atom is 0.335 e. The summed E-state index contributed by atoms with van der Waals surface area (Å²) >= 11 is 6.22. The number of hydrogen-bond acceptors (Lipinski definition) is 18. The summed E-state index contributed by atoms with van der Waals surface area (Å²) in [6.07, 6.45) is 0.483. The summed E-state index contributed by atoms with van der Waals surface area (Å²) in [7, 11) is -9.72. The van der Waals surface area contributed by atoms with Gasteiger partial charge < -0.3 is 41.5 Å². The summed E-state index contributed by atoms with van der Waals surface area (Å²) in [5, 5.41) is 15.6. The average molecular weight is 1000 g/mol. The van der Waals surface area contributed by atoms with E-state index in [4.69, 9.17) is 47.6 Å². The predicted molar refractivity (Wildman–Crippen MR) is 249 cm³/mol. The van der Waals surface area contributed by atoms with Crippen molar-refractivity contribution in [2.24, 2.45) is 11.8 Å². The van der Waals surface area contributed by atoms with E-state index in [1.165, 1.54) is 17.2 Å². The number of nitriles is 1. The molecule has 1 aliphatic carbocycles. The second-order valence-corrected chi connectivity index (χ2v) is 30.7. The Morgan fingerprint density at radius 1 is 1.09 bits per heavy atom. The molecule has 6 rings (SSSR count). The Morgan fingerprint density at radius 3 is 2.42 bits per heavy atom. The van der Waals surface area contributed by atoms with Gasteiger partial charge in [0, 0.05) is 24.1 Å². The third-order valence-electron chi connectivity index (χ3n) is 12.1. The number of H-pyrrole nitrogens is 1. The molecular formula is C39H63N9O12P2SSi2. The van der Waals surface area contributed by atoms with E-state index in [0.29, 0.717) is 18.7 Å². The first-order chi connectivity index (χ1) is 30.7. The lowest BCUT2D eigenvalue weighted by Crippen LogP contribution is -2.65. The van der Waals surface area contributed by atoms with Crippen LogP contribution in [0.25, 0.3) is 11.2 Å². The number of aromatic amines is 1. The van der Waals surface area contributed by atoms with Crippen LogP contribution in [0.15, 0.2) is 29.7 Å². The maximum atomic E-state index is 13.5. The summed E-state index contributed by atoms with van der Waals surface area (Å²) in [4.78, 5) is 56.0. The van der Waals surface area contributed by atoms with Gasteiger partial charge in [0.25, 0.3) is 5.56 Å². The molecule has 1 amide bonds. The van der Waals surface area contributed by atoms with Crippen LogP contribution in [0.1, 0.15) is 94.7 Å². The molecule has 3 aromatic rings. The largest absolute Gasteiger partial charge is 0.414 e. The lowest BCUT2D eigenvalue weighted by atomic mass is 10.1. The summed E-state index contributed by atoms with van der Waals surface area (Å²) < 4.78 is 67.9. The number of amides is 1. The second kappa shape index (κ2) is 21.6. The van der Waals surface area contributed by atoms with Gasteiger partial charge >= 0.3 is 32.1 Å². The van der Waals surface area contributed by atoms with Crippen molar-refractivity contribution in [2.75, 3.05) is 30.5 Å². The monoisotopic (exact) mass is 999 g/mol. The number of ether oxygens (including phenoxy) is 1. The number of hydrogen-bond donors (Lipinski definition) is 4. The van der Waals surface area contributed by atoms with Gasteiger partial charge in [-0.25, -0.2) is 15.0 Å². The molecular weight excluding hydrogens is 937 g/mol. The van der Waals surface area contributed by atoms with Crippen molar-refractivity contribution in [3.63, 3.8) is 0 Å². The average Bonchev–Trinajstić information content (AvgIpc) is 3.91. The van der Waals surface area contributed by atoms with Crippen LogP contribution in [-0.4, -0.2) is 108 Å². The molecule has 3 fully saturated rings. The van der Waals surface area contributed by atoms with E-state index >= 15 is 0 Å².